The zero-order valence-electron chi connectivity index (χ0n) is 12.0. The van der Waals surface area contributed by atoms with Crippen molar-refractivity contribution in [3.8, 4) is 0 Å². The highest BCUT2D eigenvalue weighted by molar-refractivity contribution is 7.98. The molecule has 0 spiro atoms. The lowest BCUT2D eigenvalue weighted by Crippen LogP contribution is -2.30. The first-order valence-electron chi connectivity index (χ1n) is 6.69. The van der Waals surface area contributed by atoms with Gasteiger partial charge in [0.1, 0.15) is 0 Å². The van der Waals surface area contributed by atoms with E-state index in [0.29, 0.717) is 11.1 Å². The first-order valence-corrected chi connectivity index (χ1v) is 7.91. The number of aliphatic carboxylic acids is 2. The molecule has 0 bridgehead atoms. The molecule has 0 saturated carbocycles. The summed E-state index contributed by atoms with van der Waals surface area (Å²) in [5, 5.41) is 18.7. The normalized spacial score (nSPS) is 12.1. The number of carboxylic acid groups (broad SMARTS) is 2. The molecule has 0 amide bonds. The van der Waals surface area contributed by atoms with E-state index in [1.165, 1.54) is 0 Å². The summed E-state index contributed by atoms with van der Waals surface area (Å²) < 4.78 is 0. The van der Waals surface area contributed by atoms with Crippen molar-refractivity contribution in [2.75, 3.05) is 6.26 Å². The van der Waals surface area contributed by atoms with Crippen molar-refractivity contribution in [2.24, 2.45) is 5.92 Å². The maximum absolute atomic E-state index is 11.5. The molecule has 2 aromatic rings. The van der Waals surface area contributed by atoms with Crippen molar-refractivity contribution in [3.63, 3.8) is 0 Å². The number of benzene rings is 2. The van der Waals surface area contributed by atoms with Gasteiger partial charge in [0, 0.05) is 10.8 Å². The molecule has 114 valence electrons. The number of rotatable bonds is 6. The summed E-state index contributed by atoms with van der Waals surface area (Å²) in [5.74, 6) is -4.93. The molecule has 2 rings (SSSR count). The smallest absolute Gasteiger partial charge is 0.318 e. The van der Waals surface area contributed by atoms with Gasteiger partial charge in [0.05, 0.1) is 0 Å². The van der Waals surface area contributed by atoms with Gasteiger partial charge in [-0.1, -0.05) is 42.5 Å². The van der Waals surface area contributed by atoms with E-state index in [1.54, 1.807) is 48.2 Å². The molecule has 4 nitrogen and oxygen atoms in total. The topological polar surface area (TPSA) is 74.6 Å². The fourth-order valence-corrected chi connectivity index (χ4v) is 2.85. The molecule has 5 heteroatoms. The van der Waals surface area contributed by atoms with Crippen molar-refractivity contribution in [3.05, 3.63) is 65.7 Å². The Morgan fingerprint density at radius 3 is 1.82 bits per heavy atom. The number of hydrogen-bond acceptors (Lipinski definition) is 3. The largest absolute Gasteiger partial charge is 0.481 e. The van der Waals surface area contributed by atoms with Crippen LogP contribution in [0.4, 0.5) is 0 Å². The minimum atomic E-state index is -1.53. The van der Waals surface area contributed by atoms with Crippen LogP contribution in [-0.2, 0) is 9.59 Å². The molecule has 2 aromatic carbocycles. The average molecular weight is 316 g/mol. The lowest BCUT2D eigenvalue weighted by atomic mass is 9.80. The molecule has 0 aromatic heterocycles. The summed E-state index contributed by atoms with van der Waals surface area (Å²) in [6, 6.07) is 16.2. The third-order valence-electron chi connectivity index (χ3n) is 3.50. The molecule has 0 saturated heterocycles. The lowest BCUT2D eigenvalue weighted by Gasteiger charge is -2.22. The summed E-state index contributed by atoms with van der Waals surface area (Å²) >= 11 is 1.57. The fourth-order valence-electron chi connectivity index (χ4n) is 2.44. The number of carbonyl (C=O) groups is 2. The second-order valence-corrected chi connectivity index (χ2v) is 5.70. The Labute approximate surface area is 132 Å². The Hall–Kier alpha value is -2.27. The summed E-state index contributed by atoms with van der Waals surface area (Å²) in [4.78, 5) is 24.0. The fraction of sp³-hybridized carbons (Fsp3) is 0.176. The molecular formula is C17H16O4S. The Balaban J connectivity index is 2.53. The van der Waals surface area contributed by atoms with Crippen LogP contribution in [0, 0.1) is 5.92 Å². The summed E-state index contributed by atoms with van der Waals surface area (Å²) in [6.45, 7) is 0. The van der Waals surface area contributed by atoms with Crippen LogP contribution in [0.2, 0.25) is 0 Å². The van der Waals surface area contributed by atoms with Crippen molar-refractivity contribution in [1.82, 2.24) is 0 Å². The molecule has 0 unspecified atom stereocenters. The van der Waals surface area contributed by atoms with Gasteiger partial charge in [-0.3, -0.25) is 9.59 Å². The Morgan fingerprint density at radius 1 is 0.864 bits per heavy atom. The zero-order valence-corrected chi connectivity index (χ0v) is 12.8. The van der Waals surface area contributed by atoms with E-state index >= 15 is 0 Å². The number of hydrogen-bond donors (Lipinski definition) is 2. The van der Waals surface area contributed by atoms with Crippen molar-refractivity contribution in [1.29, 1.82) is 0 Å². The summed E-state index contributed by atoms with van der Waals surface area (Å²) in [7, 11) is 0. The van der Waals surface area contributed by atoms with Crippen molar-refractivity contribution < 1.29 is 19.8 Å². The van der Waals surface area contributed by atoms with Gasteiger partial charge < -0.3 is 10.2 Å². The predicted molar refractivity (Wildman–Crippen MR) is 85.3 cm³/mol. The van der Waals surface area contributed by atoms with Gasteiger partial charge >= 0.3 is 11.9 Å². The molecule has 0 aliphatic carbocycles. The first-order chi connectivity index (χ1) is 10.5. The molecule has 0 fully saturated rings. The van der Waals surface area contributed by atoms with E-state index in [1.807, 2.05) is 24.5 Å². The zero-order chi connectivity index (χ0) is 16.1. The van der Waals surface area contributed by atoms with Gasteiger partial charge in [0.2, 0.25) is 0 Å². The standard InChI is InChI=1S/C17H16O4S/c1-22-13-9-7-12(8-10-13)14(11-5-3-2-4-6-11)15(16(18)19)17(20)21/h2-10,14-15H,1H3,(H,18,19)(H,20,21)/t14-/m0/s1. The quantitative estimate of drug-likeness (QED) is 0.631. The maximum atomic E-state index is 11.5. The minimum Gasteiger partial charge on any atom is -0.481 e. The summed E-state index contributed by atoms with van der Waals surface area (Å²) in [5.41, 5.74) is 1.35. The van der Waals surface area contributed by atoms with Crippen molar-refractivity contribution >= 4 is 23.7 Å². The van der Waals surface area contributed by atoms with E-state index in [4.69, 9.17) is 0 Å². The van der Waals surface area contributed by atoms with E-state index in [2.05, 4.69) is 0 Å². The Kier molecular flexibility index (Phi) is 5.22. The summed E-state index contributed by atoms with van der Waals surface area (Å²) in [6.07, 6.45) is 1.95. The second kappa shape index (κ2) is 7.13. The van der Waals surface area contributed by atoms with Crippen LogP contribution in [0.1, 0.15) is 17.0 Å². The minimum absolute atomic E-state index is 0.675. The average Bonchev–Trinajstić information content (AvgIpc) is 2.52. The number of carboxylic acids is 2. The SMILES string of the molecule is CSc1ccc([C@H](c2ccccc2)C(C(=O)O)C(=O)O)cc1. The van der Waals surface area contributed by atoms with Crippen LogP contribution >= 0.6 is 11.8 Å². The van der Waals surface area contributed by atoms with E-state index in [-0.39, 0.29) is 0 Å². The second-order valence-electron chi connectivity index (χ2n) is 4.82. The molecule has 0 radical (unpaired) electrons. The highest BCUT2D eigenvalue weighted by Crippen LogP contribution is 2.33. The molecule has 2 N–H and O–H groups in total. The number of thioether (sulfide) groups is 1. The molecule has 0 aliphatic rings. The highest BCUT2D eigenvalue weighted by Gasteiger charge is 2.36. The Bertz CT molecular complexity index is 638. The molecule has 0 aliphatic heterocycles. The maximum Gasteiger partial charge on any atom is 0.318 e. The van der Waals surface area contributed by atoms with Gasteiger partial charge in [0.25, 0.3) is 0 Å². The van der Waals surface area contributed by atoms with Crippen LogP contribution in [-0.4, -0.2) is 28.4 Å². The van der Waals surface area contributed by atoms with Gasteiger partial charge in [-0.25, -0.2) is 0 Å². The van der Waals surface area contributed by atoms with Gasteiger partial charge in [-0.2, -0.15) is 0 Å². The van der Waals surface area contributed by atoms with Gasteiger partial charge in [-0.05, 0) is 29.5 Å². The third kappa shape index (κ3) is 3.49. The van der Waals surface area contributed by atoms with Gasteiger partial charge in [-0.15, -0.1) is 11.8 Å². The van der Waals surface area contributed by atoms with E-state index in [0.717, 1.165) is 4.90 Å². The van der Waals surface area contributed by atoms with E-state index in [9.17, 15) is 19.8 Å². The van der Waals surface area contributed by atoms with Crippen LogP contribution in [0.15, 0.2) is 59.5 Å². The van der Waals surface area contributed by atoms with Crippen LogP contribution < -0.4 is 0 Å². The third-order valence-corrected chi connectivity index (χ3v) is 4.24. The van der Waals surface area contributed by atoms with Crippen LogP contribution in [0.3, 0.4) is 0 Å². The highest BCUT2D eigenvalue weighted by atomic mass is 32.2. The molecule has 0 heterocycles. The first kappa shape index (κ1) is 16.1. The Morgan fingerprint density at radius 2 is 1.36 bits per heavy atom. The predicted octanol–water partition coefficient (Wildman–Crippen LogP) is 3.33. The van der Waals surface area contributed by atoms with Crippen LogP contribution in [0.25, 0.3) is 0 Å². The molecule has 22 heavy (non-hydrogen) atoms. The van der Waals surface area contributed by atoms with Crippen LogP contribution in [0.5, 0.6) is 0 Å². The van der Waals surface area contributed by atoms with Crippen molar-refractivity contribution in [2.45, 2.75) is 10.8 Å². The van der Waals surface area contributed by atoms with Gasteiger partial charge in [0.15, 0.2) is 5.92 Å². The molecule has 1 atom stereocenters. The lowest BCUT2D eigenvalue weighted by molar-refractivity contribution is -0.155. The molecular weight excluding hydrogens is 300 g/mol. The monoisotopic (exact) mass is 316 g/mol. The van der Waals surface area contributed by atoms with E-state index < -0.39 is 23.8 Å².